The molecule has 2 amide bonds. The molecule has 0 aliphatic carbocycles. The highest BCUT2D eigenvalue weighted by atomic mass is 35.5. The van der Waals surface area contributed by atoms with Crippen molar-refractivity contribution in [1.82, 2.24) is 10.3 Å². The first kappa shape index (κ1) is 14.0. The Labute approximate surface area is 121 Å². The van der Waals surface area contributed by atoms with Gasteiger partial charge >= 0.3 is 0 Å². The summed E-state index contributed by atoms with van der Waals surface area (Å²) in [6, 6.07) is 8.25. The maximum atomic E-state index is 12.1. The number of aromatic nitrogens is 1. The number of halogens is 1. The summed E-state index contributed by atoms with van der Waals surface area (Å²) in [5.74, 6) is -0.671. The zero-order chi connectivity index (χ0) is 14.5. The predicted molar refractivity (Wildman–Crippen MR) is 77.0 cm³/mol. The van der Waals surface area contributed by atoms with Crippen molar-refractivity contribution in [3.63, 3.8) is 0 Å². The molecule has 20 heavy (non-hydrogen) atoms. The molecule has 0 radical (unpaired) electrons. The van der Waals surface area contributed by atoms with Crippen molar-refractivity contribution in [1.29, 1.82) is 0 Å². The molecule has 1 aromatic heterocycles. The van der Waals surface area contributed by atoms with Gasteiger partial charge in [0.15, 0.2) is 0 Å². The zero-order valence-electron chi connectivity index (χ0n) is 10.7. The van der Waals surface area contributed by atoms with E-state index >= 15 is 0 Å². The van der Waals surface area contributed by atoms with E-state index < -0.39 is 5.91 Å². The van der Waals surface area contributed by atoms with Crippen LogP contribution in [0.2, 0.25) is 5.02 Å². The Morgan fingerprint density at radius 2 is 1.85 bits per heavy atom. The van der Waals surface area contributed by atoms with Crippen molar-refractivity contribution in [3.05, 3.63) is 58.9 Å². The minimum atomic E-state index is -0.395. The van der Waals surface area contributed by atoms with Crippen LogP contribution in [0.4, 0.5) is 5.69 Å². The fraction of sp³-hybridized carbons (Fsp3) is 0.0714. The zero-order valence-corrected chi connectivity index (χ0v) is 11.4. The van der Waals surface area contributed by atoms with Crippen LogP contribution in [0.25, 0.3) is 0 Å². The third-order valence-corrected chi connectivity index (χ3v) is 2.97. The number of benzene rings is 1. The van der Waals surface area contributed by atoms with E-state index in [4.69, 9.17) is 11.6 Å². The van der Waals surface area contributed by atoms with Crippen LogP contribution in [0.5, 0.6) is 0 Å². The molecule has 0 bridgehead atoms. The fourth-order valence-electron chi connectivity index (χ4n) is 1.67. The predicted octanol–water partition coefficient (Wildman–Crippen LogP) is 2.35. The van der Waals surface area contributed by atoms with Gasteiger partial charge in [0.1, 0.15) is 0 Å². The minimum absolute atomic E-state index is 0.252. The normalized spacial score (nSPS) is 9.90. The van der Waals surface area contributed by atoms with E-state index in [0.29, 0.717) is 16.8 Å². The van der Waals surface area contributed by atoms with Crippen molar-refractivity contribution in [2.24, 2.45) is 0 Å². The van der Waals surface area contributed by atoms with E-state index in [9.17, 15) is 9.59 Å². The van der Waals surface area contributed by atoms with Gasteiger partial charge < -0.3 is 10.6 Å². The van der Waals surface area contributed by atoms with Gasteiger partial charge in [-0.15, -0.1) is 0 Å². The standard InChI is InChI=1S/C14H12ClN3O2/c1-16-13(19)10-4-2-3-5-12(10)18-14(20)9-6-7-17-8-11(9)15/h2-8H,1H3,(H,16,19)(H,18,20). The van der Waals surface area contributed by atoms with Crippen LogP contribution < -0.4 is 10.6 Å². The van der Waals surface area contributed by atoms with Gasteiger partial charge in [-0.25, -0.2) is 0 Å². The Morgan fingerprint density at radius 3 is 2.55 bits per heavy atom. The van der Waals surface area contributed by atoms with Gasteiger partial charge in [0, 0.05) is 19.4 Å². The third-order valence-electron chi connectivity index (χ3n) is 2.66. The van der Waals surface area contributed by atoms with Crippen LogP contribution in [0.3, 0.4) is 0 Å². The number of hydrogen-bond acceptors (Lipinski definition) is 3. The lowest BCUT2D eigenvalue weighted by Crippen LogP contribution is -2.21. The fourth-order valence-corrected chi connectivity index (χ4v) is 1.88. The molecule has 1 heterocycles. The maximum Gasteiger partial charge on any atom is 0.257 e. The SMILES string of the molecule is CNC(=O)c1ccccc1NC(=O)c1ccncc1Cl. The average molecular weight is 290 g/mol. The first-order chi connectivity index (χ1) is 9.63. The van der Waals surface area contributed by atoms with Gasteiger partial charge in [-0.2, -0.15) is 0 Å². The molecule has 102 valence electrons. The molecule has 2 N–H and O–H groups in total. The Hall–Kier alpha value is -2.40. The quantitative estimate of drug-likeness (QED) is 0.911. The number of amides is 2. The summed E-state index contributed by atoms with van der Waals surface area (Å²) in [4.78, 5) is 27.7. The summed E-state index contributed by atoms with van der Waals surface area (Å²) < 4.78 is 0. The highest BCUT2D eigenvalue weighted by Gasteiger charge is 2.14. The summed E-state index contributed by atoms with van der Waals surface area (Å²) in [6.45, 7) is 0. The maximum absolute atomic E-state index is 12.1. The largest absolute Gasteiger partial charge is 0.355 e. The van der Waals surface area contributed by atoms with Gasteiger partial charge in [-0.05, 0) is 18.2 Å². The summed E-state index contributed by atoms with van der Waals surface area (Å²) in [5, 5.41) is 5.44. The number of hydrogen-bond donors (Lipinski definition) is 2. The van der Waals surface area contributed by atoms with Crippen LogP contribution in [0.15, 0.2) is 42.7 Å². The molecule has 0 saturated carbocycles. The molecular weight excluding hydrogens is 278 g/mol. The van der Waals surface area contributed by atoms with E-state index in [0.717, 1.165) is 0 Å². The number of rotatable bonds is 3. The van der Waals surface area contributed by atoms with Gasteiger partial charge in [-0.3, -0.25) is 14.6 Å². The lowest BCUT2D eigenvalue weighted by molar-refractivity contribution is 0.0964. The second kappa shape index (κ2) is 6.16. The highest BCUT2D eigenvalue weighted by molar-refractivity contribution is 6.34. The van der Waals surface area contributed by atoms with Crippen molar-refractivity contribution in [2.75, 3.05) is 12.4 Å². The minimum Gasteiger partial charge on any atom is -0.355 e. The molecule has 2 aromatic rings. The second-order valence-corrected chi connectivity index (χ2v) is 4.34. The molecule has 0 aliphatic rings. The van der Waals surface area contributed by atoms with E-state index in [1.807, 2.05) is 0 Å². The van der Waals surface area contributed by atoms with E-state index in [1.54, 1.807) is 24.3 Å². The molecular formula is C14H12ClN3O2. The molecule has 1 aromatic carbocycles. The number of carbonyl (C=O) groups excluding carboxylic acids is 2. The molecule has 5 nitrogen and oxygen atoms in total. The van der Waals surface area contributed by atoms with Crippen LogP contribution in [0, 0.1) is 0 Å². The summed E-state index contributed by atoms with van der Waals surface area (Å²) in [5.41, 5.74) is 1.10. The number of pyridine rings is 1. The lowest BCUT2D eigenvalue weighted by atomic mass is 10.1. The van der Waals surface area contributed by atoms with Gasteiger partial charge in [0.2, 0.25) is 0 Å². The van der Waals surface area contributed by atoms with Crippen LogP contribution in [0.1, 0.15) is 20.7 Å². The Kier molecular flexibility index (Phi) is 4.32. The summed E-state index contributed by atoms with van der Waals surface area (Å²) in [7, 11) is 1.53. The lowest BCUT2D eigenvalue weighted by Gasteiger charge is -2.10. The van der Waals surface area contributed by atoms with Gasteiger partial charge in [0.05, 0.1) is 21.8 Å². The monoisotopic (exact) mass is 289 g/mol. The number of carbonyl (C=O) groups is 2. The summed E-state index contributed by atoms with van der Waals surface area (Å²) >= 11 is 5.91. The number of nitrogens with zero attached hydrogens (tertiary/aromatic N) is 1. The van der Waals surface area contributed by atoms with E-state index in [-0.39, 0.29) is 10.9 Å². The highest BCUT2D eigenvalue weighted by Crippen LogP contribution is 2.19. The van der Waals surface area contributed by atoms with Crippen LogP contribution >= 0.6 is 11.6 Å². The van der Waals surface area contributed by atoms with Crippen LogP contribution in [-0.4, -0.2) is 23.8 Å². The van der Waals surface area contributed by atoms with E-state index in [1.165, 1.54) is 25.5 Å². The van der Waals surface area contributed by atoms with Crippen molar-refractivity contribution < 1.29 is 9.59 Å². The average Bonchev–Trinajstić information content (AvgIpc) is 2.47. The molecule has 0 unspecified atom stereocenters. The molecule has 0 aliphatic heterocycles. The smallest absolute Gasteiger partial charge is 0.257 e. The molecule has 0 fully saturated rings. The molecule has 6 heteroatoms. The second-order valence-electron chi connectivity index (χ2n) is 3.93. The Balaban J connectivity index is 2.29. The number of anilines is 1. The molecule has 2 rings (SSSR count). The number of nitrogens with one attached hydrogen (secondary N) is 2. The molecule has 0 spiro atoms. The first-order valence-corrected chi connectivity index (χ1v) is 6.23. The topological polar surface area (TPSA) is 71.1 Å². The van der Waals surface area contributed by atoms with Crippen molar-refractivity contribution >= 4 is 29.1 Å². The van der Waals surface area contributed by atoms with Gasteiger partial charge in [-0.1, -0.05) is 23.7 Å². The first-order valence-electron chi connectivity index (χ1n) is 5.85. The van der Waals surface area contributed by atoms with E-state index in [2.05, 4.69) is 15.6 Å². The van der Waals surface area contributed by atoms with Crippen molar-refractivity contribution in [2.45, 2.75) is 0 Å². The number of para-hydroxylation sites is 1. The molecule has 0 atom stereocenters. The molecule has 0 saturated heterocycles. The Bertz CT molecular complexity index is 658. The Morgan fingerprint density at radius 1 is 1.10 bits per heavy atom. The van der Waals surface area contributed by atoms with Crippen molar-refractivity contribution in [3.8, 4) is 0 Å². The van der Waals surface area contributed by atoms with Crippen LogP contribution in [-0.2, 0) is 0 Å². The van der Waals surface area contributed by atoms with Gasteiger partial charge in [0.25, 0.3) is 11.8 Å². The summed E-state index contributed by atoms with van der Waals surface area (Å²) in [6.07, 6.45) is 2.87. The third kappa shape index (κ3) is 2.95.